The number of guanidine groups is 1. The van der Waals surface area contributed by atoms with E-state index in [2.05, 4.69) is 18.2 Å². The Bertz CT molecular complexity index is 869. The first-order valence-electron chi connectivity index (χ1n) is 12.4. The molecule has 0 radical (unpaired) electrons. The lowest BCUT2D eigenvalue weighted by Crippen LogP contribution is -2.52. The first-order valence-corrected chi connectivity index (χ1v) is 12.4. The molecule has 1 aromatic rings. The van der Waals surface area contributed by atoms with Crippen LogP contribution in [0, 0.1) is 16.7 Å². The molecule has 1 heterocycles. The maximum absolute atomic E-state index is 14.1. The Labute approximate surface area is 191 Å². The number of carbonyl (C=O) groups is 1. The monoisotopic (exact) mass is 439 g/mol. The van der Waals surface area contributed by atoms with Crippen molar-refractivity contribution in [2.75, 3.05) is 20.3 Å². The Morgan fingerprint density at radius 3 is 2.59 bits per heavy atom. The molecule has 1 unspecified atom stereocenters. The Morgan fingerprint density at radius 1 is 1.25 bits per heavy atom. The van der Waals surface area contributed by atoms with E-state index in [9.17, 15) is 4.79 Å². The van der Waals surface area contributed by atoms with E-state index < -0.39 is 0 Å². The average molecular weight is 440 g/mol. The van der Waals surface area contributed by atoms with Crippen molar-refractivity contribution < 1.29 is 14.3 Å². The number of hydrogen-bond donors (Lipinski definition) is 2. The van der Waals surface area contributed by atoms with Gasteiger partial charge in [-0.2, -0.15) is 0 Å². The second kappa shape index (κ2) is 8.79. The highest BCUT2D eigenvalue weighted by molar-refractivity contribution is 5.99. The van der Waals surface area contributed by atoms with Gasteiger partial charge in [0.2, 0.25) is 5.91 Å². The van der Waals surface area contributed by atoms with E-state index >= 15 is 0 Å². The molecule has 0 aromatic heterocycles. The molecule has 1 aliphatic heterocycles. The van der Waals surface area contributed by atoms with Crippen molar-refractivity contribution in [1.29, 1.82) is 5.41 Å². The van der Waals surface area contributed by atoms with E-state index in [1.54, 1.807) is 7.11 Å². The molecule has 4 aliphatic rings. The Morgan fingerprint density at radius 2 is 2.00 bits per heavy atom. The molecule has 0 bridgehead atoms. The van der Waals surface area contributed by atoms with Crippen molar-refractivity contribution in [3.63, 3.8) is 0 Å². The van der Waals surface area contributed by atoms with Gasteiger partial charge in [-0.15, -0.1) is 0 Å². The lowest BCUT2D eigenvalue weighted by Gasteiger charge is -2.43. The highest BCUT2D eigenvalue weighted by Gasteiger charge is 2.52. The number of ether oxygens (including phenoxy) is 2. The van der Waals surface area contributed by atoms with Gasteiger partial charge in [-0.05, 0) is 79.4 Å². The largest absolute Gasteiger partial charge is 0.381 e. The van der Waals surface area contributed by atoms with Gasteiger partial charge in [-0.3, -0.25) is 15.1 Å². The third-order valence-electron chi connectivity index (χ3n) is 8.46. The van der Waals surface area contributed by atoms with Gasteiger partial charge in [0.05, 0.1) is 24.7 Å². The summed E-state index contributed by atoms with van der Waals surface area (Å²) >= 11 is 0. The van der Waals surface area contributed by atoms with Crippen LogP contribution in [-0.4, -0.2) is 49.2 Å². The third kappa shape index (κ3) is 4.19. The van der Waals surface area contributed by atoms with E-state index in [0.29, 0.717) is 6.54 Å². The summed E-state index contributed by atoms with van der Waals surface area (Å²) in [5.41, 5.74) is 9.67. The zero-order valence-corrected chi connectivity index (χ0v) is 19.3. The van der Waals surface area contributed by atoms with Crippen molar-refractivity contribution in [1.82, 2.24) is 4.90 Å². The SMILES string of the molecule is CO[C@H]1CC[C@]2(CC1)Cc1ccc(CCC3CC3)cc1C2C(=O)N(C[C@@H]1CCO1)C(=N)N. The summed E-state index contributed by atoms with van der Waals surface area (Å²) in [5, 5.41) is 8.16. The lowest BCUT2D eigenvalue weighted by molar-refractivity contribution is -0.137. The molecular weight excluding hydrogens is 402 g/mol. The number of nitrogens with zero attached hydrogens (tertiary/aromatic N) is 1. The van der Waals surface area contributed by atoms with Crippen LogP contribution >= 0.6 is 0 Å². The summed E-state index contributed by atoms with van der Waals surface area (Å²) in [6.07, 6.45) is 11.1. The normalized spacial score (nSPS) is 31.2. The predicted molar refractivity (Wildman–Crippen MR) is 124 cm³/mol. The van der Waals surface area contributed by atoms with Crippen LogP contribution in [0.1, 0.15) is 74.0 Å². The molecule has 32 heavy (non-hydrogen) atoms. The smallest absolute Gasteiger partial charge is 0.237 e. The Balaban J connectivity index is 1.45. The quantitative estimate of drug-likeness (QED) is 0.500. The standard InChI is InChI=1S/C26H37N3O3/c1-31-20-8-11-26(12-9-20)15-19-7-6-18(5-4-17-2-3-17)14-22(19)23(26)24(30)29(25(27)28)16-21-10-13-32-21/h6-7,14,17,20-21,23H,2-5,8-13,15-16H2,1H3,(H3,27,28)/t20-,21-,23?,26-/m0/s1. The van der Waals surface area contributed by atoms with E-state index in [-0.39, 0.29) is 35.4 Å². The van der Waals surface area contributed by atoms with E-state index in [1.165, 1.54) is 40.9 Å². The molecule has 1 amide bonds. The average Bonchev–Trinajstić information content (AvgIpc) is 3.53. The number of benzene rings is 1. The first kappa shape index (κ1) is 21.9. The number of methoxy groups -OCH3 is 1. The zero-order valence-electron chi connectivity index (χ0n) is 19.3. The van der Waals surface area contributed by atoms with Crippen LogP contribution in [-0.2, 0) is 27.1 Å². The molecule has 2 atom stereocenters. The molecule has 1 aromatic carbocycles. The van der Waals surface area contributed by atoms with Crippen LogP contribution in [0.2, 0.25) is 0 Å². The minimum atomic E-state index is -0.236. The summed E-state index contributed by atoms with van der Waals surface area (Å²) in [7, 11) is 1.79. The number of rotatable bonds is 7. The van der Waals surface area contributed by atoms with Crippen LogP contribution in [0.5, 0.6) is 0 Å². The van der Waals surface area contributed by atoms with Crippen LogP contribution < -0.4 is 5.73 Å². The molecule has 174 valence electrons. The minimum Gasteiger partial charge on any atom is -0.381 e. The fourth-order valence-electron chi connectivity index (χ4n) is 6.18. The molecule has 5 rings (SSSR count). The van der Waals surface area contributed by atoms with Crippen LogP contribution in [0.3, 0.4) is 0 Å². The number of hydrogen-bond acceptors (Lipinski definition) is 4. The van der Waals surface area contributed by atoms with Gasteiger partial charge in [-0.25, -0.2) is 0 Å². The second-order valence-corrected chi connectivity index (χ2v) is 10.5. The van der Waals surface area contributed by atoms with Crippen molar-refractivity contribution >= 4 is 11.9 Å². The second-order valence-electron chi connectivity index (χ2n) is 10.5. The highest BCUT2D eigenvalue weighted by Crippen LogP contribution is 2.56. The molecular formula is C26H37N3O3. The van der Waals surface area contributed by atoms with Gasteiger partial charge in [-0.1, -0.05) is 31.0 Å². The van der Waals surface area contributed by atoms with Crippen LogP contribution in [0.4, 0.5) is 0 Å². The first-order chi connectivity index (χ1) is 15.5. The van der Waals surface area contributed by atoms with Crippen LogP contribution in [0.25, 0.3) is 0 Å². The molecule has 1 saturated heterocycles. The fourth-order valence-corrected chi connectivity index (χ4v) is 6.18. The molecule has 3 fully saturated rings. The highest BCUT2D eigenvalue weighted by atomic mass is 16.5. The van der Waals surface area contributed by atoms with Crippen LogP contribution in [0.15, 0.2) is 18.2 Å². The maximum atomic E-state index is 14.1. The van der Waals surface area contributed by atoms with Gasteiger partial charge in [0.25, 0.3) is 0 Å². The molecule has 2 saturated carbocycles. The van der Waals surface area contributed by atoms with Crippen molar-refractivity contribution in [2.45, 2.75) is 82.3 Å². The molecule has 3 N–H and O–H groups in total. The fraction of sp³-hybridized carbons (Fsp3) is 0.692. The predicted octanol–water partition coefficient (Wildman–Crippen LogP) is 3.76. The van der Waals surface area contributed by atoms with Crippen molar-refractivity contribution in [2.24, 2.45) is 17.1 Å². The molecule has 3 aliphatic carbocycles. The topological polar surface area (TPSA) is 88.6 Å². The molecule has 1 spiro atoms. The maximum Gasteiger partial charge on any atom is 0.237 e. The number of nitrogens with one attached hydrogen (secondary N) is 1. The Kier molecular flexibility index (Phi) is 6.01. The number of amides is 1. The summed E-state index contributed by atoms with van der Waals surface area (Å²) in [6.45, 7) is 1.11. The number of fused-ring (bicyclic) bond motifs is 1. The van der Waals surface area contributed by atoms with Crippen molar-refractivity contribution in [3.05, 3.63) is 34.9 Å². The summed E-state index contributed by atoms with van der Waals surface area (Å²) in [5.74, 6) is 0.485. The van der Waals surface area contributed by atoms with Gasteiger partial charge in [0, 0.05) is 13.7 Å². The number of carbonyl (C=O) groups excluding carboxylic acids is 1. The summed E-state index contributed by atoms with van der Waals surface area (Å²) in [4.78, 5) is 15.5. The molecule has 6 nitrogen and oxygen atoms in total. The summed E-state index contributed by atoms with van der Waals surface area (Å²) in [6, 6.07) is 6.84. The van der Waals surface area contributed by atoms with Gasteiger partial charge < -0.3 is 15.2 Å². The van der Waals surface area contributed by atoms with Gasteiger partial charge >= 0.3 is 0 Å². The Hall–Kier alpha value is -1.92. The molecule has 6 heteroatoms. The van der Waals surface area contributed by atoms with E-state index in [0.717, 1.165) is 57.5 Å². The van der Waals surface area contributed by atoms with E-state index in [1.807, 2.05) is 0 Å². The van der Waals surface area contributed by atoms with Gasteiger partial charge in [0.1, 0.15) is 0 Å². The lowest BCUT2D eigenvalue weighted by atomic mass is 9.65. The minimum absolute atomic E-state index is 0.00576. The van der Waals surface area contributed by atoms with E-state index in [4.69, 9.17) is 20.6 Å². The van der Waals surface area contributed by atoms with Gasteiger partial charge in [0.15, 0.2) is 5.96 Å². The zero-order chi connectivity index (χ0) is 22.3. The summed E-state index contributed by atoms with van der Waals surface area (Å²) < 4.78 is 11.2. The third-order valence-corrected chi connectivity index (χ3v) is 8.46. The van der Waals surface area contributed by atoms with Crippen molar-refractivity contribution in [3.8, 4) is 0 Å². The number of nitrogens with two attached hydrogens (primary N) is 1. The number of aryl methyl sites for hydroxylation is 1.